The minimum absolute atomic E-state index is 0.0742. The summed E-state index contributed by atoms with van der Waals surface area (Å²) in [5.41, 5.74) is 5.01. The Balaban J connectivity index is 4.53. The first-order valence-corrected chi connectivity index (χ1v) is 6.76. The van der Waals surface area contributed by atoms with Gasteiger partial charge in [-0.25, -0.2) is 8.42 Å². The Kier molecular flexibility index (Phi) is 4.76. The van der Waals surface area contributed by atoms with Gasteiger partial charge < -0.3 is 10.8 Å². The molecule has 92 valence electrons. The molecule has 5 heteroatoms. The number of hydrogen-bond donors (Lipinski definition) is 2. The minimum Gasteiger partial charge on any atom is -0.396 e. The summed E-state index contributed by atoms with van der Waals surface area (Å²) in [7, 11) is -3.12. The van der Waals surface area contributed by atoms with Gasteiger partial charge in [0.2, 0.25) is 0 Å². The number of aliphatic hydroxyl groups is 1. The van der Waals surface area contributed by atoms with E-state index in [1.165, 1.54) is 0 Å². The van der Waals surface area contributed by atoms with Gasteiger partial charge in [0.15, 0.2) is 9.84 Å². The lowest BCUT2D eigenvalue weighted by atomic mass is 9.89. The van der Waals surface area contributed by atoms with Gasteiger partial charge in [0.05, 0.1) is 10.5 Å². The van der Waals surface area contributed by atoms with Gasteiger partial charge in [-0.2, -0.15) is 0 Å². The third kappa shape index (κ3) is 4.09. The molecular formula is C10H23NO3S. The summed E-state index contributed by atoms with van der Waals surface area (Å²) in [6.07, 6.45) is 0.402. The molecule has 0 saturated heterocycles. The summed E-state index contributed by atoms with van der Waals surface area (Å²) < 4.78 is 22.9. The van der Waals surface area contributed by atoms with Crippen LogP contribution in [0.5, 0.6) is 0 Å². The molecule has 0 fully saturated rings. The van der Waals surface area contributed by atoms with Crippen molar-refractivity contribution in [2.24, 2.45) is 11.1 Å². The highest BCUT2D eigenvalue weighted by Crippen LogP contribution is 2.24. The second-order valence-electron chi connectivity index (χ2n) is 5.35. The van der Waals surface area contributed by atoms with Crippen molar-refractivity contribution in [3.63, 3.8) is 0 Å². The molecule has 0 radical (unpaired) electrons. The van der Waals surface area contributed by atoms with Crippen LogP contribution in [-0.2, 0) is 9.84 Å². The van der Waals surface area contributed by atoms with E-state index >= 15 is 0 Å². The number of rotatable bonds is 5. The first-order chi connectivity index (χ1) is 6.58. The Bertz CT molecular complexity index is 286. The number of hydrogen-bond acceptors (Lipinski definition) is 4. The molecule has 15 heavy (non-hydrogen) atoms. The van der Waals surface area contributed by atoms with Crippen molar-refractivity contribution < 1.29 is 13.5 Å². The van der Waals surface area contributed by atoms with Gasteiger partial charge in [-0.15, -0.1) is 0 Å². The molecule has 0 rings (SSSR count). The van der Waals surface area contributed by atoms with Crippen LogP contribution >= 0.6 is 0 Å². The average molecular weight is 237 g/mol. The molecule has 0 aliphatic rings. The van der Waals surface area contributed by atoms with E-state index in [9.17, 15) is 8.42 Å². The molecule has 0 saturated carbocycles. The summed E-state index contributed by atoms with van der Waals surface area (Å²) in [6, 6.07) is 0. The maximum atomic E-state index is 11.8. The second-order valence-corrected chi connectivity index (χ2v) is 8.22. The molecule has 1 atom stereocenters. The molecule has 0 aliphatic heterocycles. The predicted octanol–water partition coefficient (Wildman–Crippen LogP) is 0.547. The Labute approximate surface area is 92.8 Å². The van der Waals surface area contributed by atoms with E-state index in [2.05, 4.69) is 0 Å². The monoisotopic (exact) mass is 237 g/mol. The van der Waals surface area contributed by atoms with E-state index in [0.717, 1.165) is 0 Å². The van der Waals surface area contributed by atoms with Crippen molar-refractivity contribution in [2.75, 3.05) is 18.9 Å². The highest BCUT2D eigenvalue weighted by molar-refractivity contribution is 7.92. The van der Waals surface area contributed by atoms with E-state index in [0.29, 0.717) is 13.0 Å². The van der Waals surface area contributed by atoms with E-state index in [-0.39, 0.29) is 12.4 Å². The number of sulfone groups is 1. The van der Waals surface area contributed by atoms with Crippen molar-refractivity contribution in [2.45, 2.75) is 38.9 Å². The molecule has 0 aliphatic carbocycles. The smallest absolute Gasteiger partial charge is 0.155 e. The van der Waals surface area contributed by atoms with Gasteiger partial charge in [0, 0.05) is 12.0 Å². The zero-order valence-corrected chi connectivity index (χ0v) is 10.9. The van der Waals surface area contributed by atoms with E-state index in [1.807, 2.05) is 0 Å². The summed E-state index contributed by atoms with van der Waals surface area (Å²) in [5, 5.41) is 9.11. The molecule has 0 heterocycles. The fourth-order valence-corrected chi connectivity index (χ4v) is 2.31. The van der Waals surface area contributed by atoms with Crippen LogP contribution < -0.4 is 5.73 Å². The quantitative estimate of drug-likeness (QED) is 0.731. The standard InChI is InChI=1S/C10H23NO3S/c1-9(2,3)15(13,14)6-5-10(4,7-11)8-12/h12H,5-8,11H2,1-4H3. The maximum Gasteiger partial charge on any atom is 0.155 e. The van der Waals surface area contributed by atoms with Crippen molar-refractivity contribution >= 4 is 9.84 Å². The summed E-state index contributed by atoms with van der Waals surface area (Å²) >= 11 is 0. The molecule has 1 unspecified atom stereocenters. The molecule has 0 aromatic rings. The zero-order chi connectivity index (χ0) is 12.3. The van der Waals surface area contributed by atoms with Crippen LogP contribution in [0.4, 0.5) is 0 Å². The molecular weight excluding hydrogens is 214 g/mol. The second kappa shape index (κ2) is 4.80. The van der Waals surface area contributed by atoms with Crippen LogP contribution in [0.2, 0.25) is 0 Å². The molecule has 4 nitrogen and oxygen atoms in total. The lowest BCUT2D eigenvalue weighted by molar-refractivity contribution is 0.146. The lowest BCUT2D eigenvalue weighted by Crippen LogP contribution is -2.37. The molecule has 0 amide bonds. The SMILES string of the molecule is CC(CN)(CO)CCS(=O)(=O)C(C)(C)C. The molecule has 0 bridgehead atoms. The fourth-order valence-electron chi connectivity index (χ4n) is 0.933. The van der Waals surface area contributed by atoms with Crippen molar-refractivity contribution in [3.8, 4) is 0 Å². The van der Waals surface area contributed by atoms with Gasteiger partial charge in [-0.3, -0.25) is 0 Å². The van der Waals surface area contributed by atoms with Gasteiger partial charge in [-0.05, 0) is 33.7 Å². The Hall–Kier alpha value is -0.130. The highest BCUT2D eigenvalue weighted by Gasteiger charge is 2.32. The van der Waals surface area contributed by atoms with Crippen LogP contribution in [0.15, 0.2) is 0 Å². The predicted molar refractivity (Wildman–Crippen MR) is 62.4 cm³/mol. The molecule has 0 spiro atoms. The third-order valence-corrected chi connectivity index (χ3v) is 5.39. The van der Waals surface area contributed by atoms with E-state index in [1.54, 1.807) is 27.7 Å². The number of nitrogens with two attached hydrogens (primary N) is 1. The van der Waals surface area contributed by atoms with Crippen molar-refractivity contribution in [3.05, 3.63) is 0 Å². The maximum absolute atomic E-state index is 11.8. The number of aliphatic hydroxyl groups excluding tert-OH is 1. The first-order valence-electron chi connectivity index (χ1n) is 5.11. The lowest BCUT2D eigenvalue weighted by Gasteiger charge is -2.27. The fraction of sp³-hybridized carbons (Fsp3) is 1.00. The summed E-state index contributed by atoms with van der Waals surface area (Å²) in [6.45, 7) is 7.06. The Morgan fingerprint density at radius 1 is 1.20 bits per heavy atom. The van der Waals surface area contributed by atoms with Crippen LogP contribution in [0.1, 0.15) is 34.1 Å². The van der Waals surface area contributed by atoms with Crippen LogP contribution in [0.3, 0.4) is 0 Å². The van der Waals surface area contributed by atoms with Gasteiger partial charge in [0.1, 0.15) is 0 Å². The van der Waals surface area contributed by atoms with E-state index in [4.69, 9.17) is 10.8 Å². The Morgan fingerprint density at radius 3 is 1.93 bits per heavy atom. The van der Waals surface area contributed by atoms with Gasteiger partial charge in [0.25, 0.3) is 0 Å². The molecule has 0 aromatic heterocycles. The van der Waals surface area contributed by atoms with Crippen LogP contribution in [-0.4, -0.2) is 37.2 Å². The first kappa shape index (κ1) is 14.9. The van der Waals surface area contributed by atoms with Crippen LogP contribution in [0, 0.1) is 5.41 Å². The van der Waals surface area contributed by atoms with Crippen molar-refractivity contribution in [1.82, 2.24) is 0 Å². The molecule has 3 N–H and O–H groups in total. The highest BCUT2D eigenvalue weighted by atomic mass is 32.2. The zero-order valence-electron chi connectivity index (χ0n) is 10.1. The summed E-state index contributed by atoms with van der Waals surface area (Å²) in [4.78, 5) is 0. The largest absolute Gasteiger partial charge is 0.396 e. The minimum atomic E-state index is -3.12. The topological polar surface area (TPSA) is 80.4 Å². The van der Waals surface area contributed by atoms with Crippen molar-refractivity contribution in [1.29, 1.82) is 0 Å². The summed E-state index contributed by atoms with van der Waals surface area (Å²) in [5.74, 6) is 0.0742. The third-order valence-electron chi connectivity index (χ3n) is 2.78. The van der Waals surface area contributed by atoms with Gasteiger partial charge >= 0.3 is 0 Å². The van der Waals surface area contributed by atoms with E-state index < -0.39 is 20.0 Å². The van der Waals surface area contributed by atoms with Crippen LogP contribution in [0.25, 0.3) is 0 Å². The van der Waals surface area contributed by atoms with Gasteiger partial charge in [-0.1, -0.05) is 6.92 Å². The average Bonchev–Trinajstić information content (AvgIpc) is 2.13. The Morgan fingerprint density at radius 2 is 1.67 bits per heavy atom. The molecule has 0 aromatic carbocycles. The normalized spacial score (nSPS) is 17.5.